The topological polar surface area (TPSA) is 17.1 Å². The second kappa shape index (κ2) is 7.09. The predicted molar refractivity (Wildman–Crippen MR) is 97.2 cm³/mol. The minimum absolute atomic E-state index is 0.134. The van der Waals surface area contributed by atoms with Crippen molar-refractivity contribution in [3.8, 4) is 0 Å². The molecule has 0 radical (unpaired) electrons. The molecular weight excluding hydrogens is 351 g/mol. The molecule has 2 aromatic carbocycles. The fourth-order valence-electron chi connectivity index (χ4n) is 2.87. The van der Waals surface area contributed by atoms with Crippen LogP contribution in [0.4, 0.5) is 0 Å². The summed E-state index contributed by atoms with van der Waals surface area (Å²) >= 11 is 18.3. The third-order valence-electron chi connectivity index (χ3n) is 4.13. The predicted octanol–water partition coefficient (Wildman–Crippen LogP) is 6.34. The van der Waals surface area contributed by atoms with Gasteiger partial charge in [0.05, 0.1) is 5.38 Å². The van der Waals surface area contributed by atoms with Crippen LogP contribution < -0.4 is 0 Å². The van der Waals surface area contributed by atoms with E-state index in [0.717, 1.165) is 29.5 Å². The van der Waals surface area contributed by atoms with E-state index in [1.54, 1.807) is 12.1 Å². The zero-order valence-corrected chi connectivity index (χ0v) is 14.6. The number of Topliss-reactive ketones (excluding diaryl/α,β-unsaturated/α-hetero) is 1. The normalized spacial score (nSPS) is 20.9. The van der Waals surface area contributed by atoms with Crippen LogP contribution in [0.1, 0.15) is 29.3 Å². The molecule has 4 heteroatoms. The molecule has 0 amide bonds. The Hall–Kier alpha value is -1.28. The number of halogens is 3. The van der Waals surface area contributed by atoms with E-state index in [0.29, 0.717) is 10.0 Å². The Morgan fingerprint density at radius 2 is 1.52 bits per heavy atom. The number of allylic oxidation sites excluding steroid dienone is 1. The molecule has 1 aliphatic rings. The third-order valence-corrected chi connectivity index (χ3v) is 5.19. The number of alkyl halides is 1. The van der Waals surface area contributed by atoms with Gasteiger partial charge in [-0.1, -0.05) is 47.5 Å². The van der Waals surface area contributed by atoms with Crippen molar-refractivity contribution >= 4 is 46.7 Å². The molecule has 0 heterocycles. The molecule has 0 aliphatic heterocycles. The number of rotatable bonds is 3. The van der Waals surface area contributed by atoms with E-state index in [-0.39, 0.29) is 17.1 Å². The molecule has 118 valence electrons. The van der Waals surface area contributed by atoms with E-state index in [2.05, 4.69) is 0 Å². The summed E-state index contributed by atoms with van der Waals surface area (Å²) in [6.45, 7) is 0. The molecule has 1 nitrogen and oxygen atoms in total. The second-order valence-electron chi connectivity index (χ2n) is 5.68. The van der Waals surface area contributed by atoms with Gasteiger partial charge in [0.2, 0.25) is 0 Å². The number of carbonyl (C=O) groups is 1. The van der Waals surface area contributed by atoms with Crippen LogP contribution in [0.3, 0.4) is 0 Å². The molecule has 23 heavy (non-hydrogen) atoms. The lowest BCUT2D eigenvalue weighted by Crippen LogP contribution is -2.13. The second-order valence-corrected chi connectivity index (χ2v) is 7.03. The monoisotopic (exact) mass is 364 g/mol. The van der Waals surface area contributed by atoms with Crippen molar-refractivity contribution in [3.63, 3.8) is 0 Å². The van der Waals surface area contributed by atoms with Crippen molar-refractivity contribution in [2.24, 2.45) is 5.92 Å². The SMILES string of the molecule is O=C1C(=Cc2ccc(Cl)cc2)CCC1C(Cl)c1ccc(Cl)cc1. The van der Waals surface area contributed by atoms with Gasteiger partial charge in [0, 0.05) is 16.0 Å². The Balaban J connectivity index is 1.78. The lowest BCUT2D eigenvalue weighted by molar-refractivity contribution is -0.117. The van der Waals surface area contributed by atoms with E-state index < -0.39 is 0 Å². The summed E-state index contributed by atoms with van der Waals surface area (Å²) in [6, 6.07) is 14.8. The smallest absolute Gasteiger partial charge is 0.163 e. The number of benzene rings is 2. The van der Waals surface area contributed by atoms with E-state index in [1.807, 2.05) is 42.5 Å². The first-order chi connectivity index (χ1) is 11.0. The summed E-state index contributed by atoms with van der Waals surface area (Å²) in [4.78, 5) is 12.7. The average molecular weight is 366 g/mol. The van der Waals surface area contributed by atoms with Crippen molar-refractivity contribution in [3.05, 3.63) is 75.3 Å². The van der Waals surface area contributed by atoms with E-state index in [1.165, 1.54) is 0 Å². The average Bonchev–Trinajstić information content (AvgIpc) is 2.90. The van der Waals surface area contributed by atoms with Gasteiger partial charge in [0.15, 0.2) is 5.78 Å². The number of hydrogen-bond donors (Lipinski definition) is 0. The van der Waals surface area contributed by atoms with Crippen LogP contribution >= 0.6 is 34.8 Å². The molecule has 2 atom stereocenters. The van der Waals surface area contributed by atoms with Crippen molar-refractivity contribution in [1.82, 2.24) is 0 Å². The van der Waals surface area contributed by atoms with Gasteiger partial charge in [-0.05, 0) is 59.9 Å². The Labute approximate surface area is 150 Å². The molecule has 3 rings (SSSR count). The van der Waals surface area contributed by atoms with Crippen LogP contribution in [0.5, 0.6) is 0 Å². The number of carbonyl (C=O) groups excluding carboxylic acids is 1. The van der Waals surface area contributed by atoms with Crippen LogP contribution in [-0.2, 0) is 4.79 Å². The third kappa shape index (κ3) is 3.80. The highest BCUT2D eigenvalue weighted by molar-refractivity contribution is 6.31. The molecule has 0 aromatic heterocycles. The summed E-state index contributed by atoms with van der Waals surface area (Å²) in [5.74, 6) is -0.0497. The molecule has 0 spiro atoms. The quantitative estimate of drug-likeness (QED) is 0.458. The highest BCUT2D eigenvalue weighted by Crippen LogP contribution is 2.40. The van der Waals surface area contributed by atoms with Crippen LogP contribution in [0.15, 0.2) is 54.1 Å². The molecule has 1 aliphatic carbocycles. The molecule has 0 bridgehead atoms. The number of hydrogen-bond acceptors (Lipinski definition) is 1. The molecule has 0 saturated heterocycles. The van der Waals surface area contributed by atoms with Gasteiger partial charge in [-0.15, -0.1) is 11.6 Å². The maximum absolute atomic E-state index is 12.7. The standard InChI is InChI=1S/C19H15Cl3O/c20-15-6-1-12(2-7-15)11-14-5-10-17(19(14)23)18(22)13-3-8-16(21)9-4-13/h1-4,6-9,11,17-18H,5,10H2. The first-order valence-electron chi connectivity index (χ1n) is 7.44. The van der Waals surface area contributed by atoms with Crippen molar-refractivity contribution in [1.29, 1.82) is 0 Å². The zero-order valence-electron chi connectivity index (χ0n) is 12.3. The van der Waals surface area contributed by atoms with Gasteiger partial charge < -0.3 is 0 Å². The molecule has 2 unspecified atom stereocenters. The van der Waals surface area contributed by atoms with Gasteiger partial charge in [0.1, 0.15) is 0 Å². The van der Waals surface area contributed by atoms with E-state index >= 15 is 0 Å². The summed E-state index contributed by atoms with van der Waals surface area (Å²) < 4.78 is 0. The van der Waals surface area contributed by atoms with E-state index in [4.69, 9.17) is 34.8 Å². The van der Waals surface area contributed by atoms with Crippen LogP contribution in [0.25, 0.3) is 6.08 Å². The summed E-state index contributed by atoms with van der Waals surface area (Å²) in [6.07, 6.45) is 3.46. The Bertz CT molecular complexity index is 732. The zero-order chi connectivity index (χ0) is 16.4. The van der Waals surface area contributed by atoms with Gasteiger partial charge in [-0.2, -0.15) is 0 Å². The summed E-state index contributed by atoms with van der Waals surface area (Å²) in [5.41, 5.74) is 2.75. The molecular formula is C19H15Cl3O. The molecule has 1 saturated carbocycles. The van der Waals surface area contributed by atoms with Gasteiger partial charge >= 0.3 is 0 Å². The fourth-order valence-corrected chi connectivity index (χ4v) is 3.50. The minimum Gasteiger partial charge on any atom is -0.294 e. The van der Waals surface area contributed by atoms with Gasteiger partial charge in [0.25, 0.3) is 0 Å². The first-order valence-corrected chi connectivity index (χ1v) is 8.64. The maximum atomic E-state index is 12.7. The largest absolute Gasteiger partial charge is 0.294 e. The Kier molecular flexibility index (Phi) is 5.11. The minimum atomic E-state index is -0.323. The lowest BCUT2D eigenvalue weighted by atomic mass is 9.96. The van der Waals surface area contributed by atoms with Crippen molar-refractivity contribution in [2.75, 3.05) is 0 Å². The summed E-state index contributed by atoms with van der Waals surface area (Å²) in [5, 5.41) is 1.03. The molecule has 2 aromatic rings. The lowest BCUT2D eigenvalue weighted by Gasteiger charge is -2.15. The van der Waals surface area contributed by atoms with Crippen molar-refractivity contribution < 1.29 is 4.79 Å². The van der Waals surface area contributed by atoms with Crippen LogP contribution in [0, 0.1) is 5.92 Å². The first kappa shape index (κ1) is 16.6. The number of ketones is 1. The summed E-state index contributed by atoms with van der Waals surface area (Å²) in [7, 11) is 0. The van der Waals surface area contributed by atoms with Gasteiger partial charge in [-0.3, -0.25) is 4.79 Å². The van der Waals surface area contributed by atoms with Gasteiger partial charge in [-0.25, -0.2) is 0 Å². The highest BCUT2D eigenvalue weighted by Gasteiger charge is 2.35. The Morgan fingerprint density at radius 1 is 0.957 bits per heavy atom. The van der Waals surface area contributed by atoms with Crippen LogP contribution in [-0.4, -0.2) is 5.78 Å². The Morgan fingerprint density at radius 3 is 2.13 bits per heavy atom. The molecule has 0 N–H and O–H groups in total. The molecule has 1 fully saturated rings. The highest BCUT2D eigenvalue weighted by atomic mass is 35.5. The maximum Gasteiger partial charge on any atom is 0.163 e. The van der Waals surface area contributed by atoms with Crippen molar-refractivity contribution in [2.45, 2.75) is 18.2 Å². The van der Waals surface area contributed by atoms with Crippen LogP contribution in [0.2, 0.25) is 10.0 Å². The van der Waals surface area contributed by atoms with E-state index in [9.17, 15) is 4.79 Å². The fraction of sp³-hybridized carbons (Fsp3) is 0.211.